The van der Waals surface area contributed by atoms with Crippen molar-refractivity contribution in [3.63, 3.8) is 0 Å². The van der Waals surface area contributed by atoms with E-state index >= 15 is 0 Å². The number of aromatic nitrogens is 2. The SMILES string of the molecule is CC1(c2nnc(C[N+]34CCC(CC3)[C@@H](Oc3cccc(F)c3)C4)o2)c2ccccc2Oc2ccccc21.[Cl-]. The van der Waals surface area contributed by atoms with Gasteiger partial charge in [0.05, 0.1) is 13.1 Å². The summed E-state index contributed by atoms with van der Waals surface area (Å²) in [6.45, 7) is 5.77. The standard InChI is InChI=1S/C30H29FN3O3.ClH/c1-30(23-9-2-4-11-25(23)36-26-12-5-3-10-24(26)30)29-33-32-28(37-29)19-34-15-13-20(14-16-34)27(18-34)35-22-8-6-7-21(31)17-22;/h2-12,17,20,27H,13-16,18-19H2,1H3;1H/q+1;/p-1/t20?,27-,34?;/m0./s1. The second kappa shape index (κ2) is 9.40. The number of quaternary nitrogens is 1. The van der Waals surface area contributed by atoms with Crippen molar-refractivity contribution >= 4 is 0 Å². The molecule has 3 saturated heterocycles. The van der Waals surface area contributed by atoms with Crippen molar-refractivity contribution in [1.29, 1.82) is 0 Å². The molecule has 38 heavy (non-hydrogen) atoms. The molecule has 6 nitrogen and oxygen atoms in total. The maximum Gasteiger partial charge on any atom is 0.271 e. The summed E-state index contributed by atoms with van der Waals surface area (Å²) in [5, 5.41) is 9.14. The zero-order valence-electron chi connectivity index (χ0n) is 21.1. The number of halogens is 2. The minimum Gasteiger partial charge on any atom is -1.00 e. The van der Waals surface area contributed by atoms with Gasteiger partial charge in [0.15, 0.2) is 12.6 Å². The van der Waals surface area contributed by atoms with E-state index in [4.69, 9.17) is 13.9 Å². The van der Waals surface area contributed by atoms with E-state index in [2.05, 4.69) is 29.3 Å². The molecule has 8 heteroatoms. The number of nitrogens with zero attached hydrogens (tertiary/aromatic N) is 3. The maximum absolute atomic E-state index is 13.7. The third-order valence-electron chi connectivity index (χ3n) is 8.56. The Bertz CT molecular complexity index is 1420. The van der Waals surface area contributed by atoms with Gasteiger partial charge in [0, 0.05) is 36.0 Å². The first kappa shape index (κ1) is 24.9. The highest BCUT2D eigenvalue weighted by atomic mass is 35.5. The Morgan fingerprint density at radius 3 is 2.32 bits per heavy atom. The molecule has 0 unspecified atom stereocenters. The van der Waals surface area contributed by atoms with Gasteiger partial charge in [-0.3, -0.25) is 0 Å². The lowest BCUT2D eigenvalue weighted by molar-refractivity contribution is -0.959. The van der Waals surface area contributed by atoms with Crippen LogP contribution in [0.1, 0.15) is 42.7 Å². The van der Waals surface area contributed by atoms with Gasteiger partial charge in [0.25, 0.3) is 5.89 Å². The molecular formula is C30H29ClFN3O3. The molecule has 0 spiro atoms. The number of ether oxygens (including phenoxy) is 2. The van der Waals surface area contributed by atoms with E-state index in [1.54, 1.807) is 6.07 Å². The first-order chi connectivity index (χ1) is 18.0. The fourth-order valence-electron chi connectivity index (χ4n) is 6.53. The Kier molecular flexibility index (Phi) is 6.16. The van der Waals surface area contributed by atoms with Crippen LogP contribution in [-0.4, -0.2) is 40.4 Å². The van der Waals surface area contributed by atoms with Crippen LogP contribution in [0.3, 0.4) is 0 Å². The third-order valence-corrected chi connectivity index (χ3v) is 8.56. The summed E-state index contributed by atoms with van der Waals surface area (Å²) in [5.41, 5.74) is 1.41. The van der Waals surface area contributed by atoms with Crippen LogP contribution in [0.25, 0.3) is 0 Å². The molecule has 0 radical (unpaired) electrons. The minimum absolute atomic E-state index is 0. The normalized spacial score (nSPS) is 24.5. The van der Waals surface area contributed by atoms with Crippen LogP contribution in [0.4, 0.5) is 4.39 Å². The second-order valence-corrected chi connectivity index (χ2v) is 10.8. The fraction of sp³-hybridized carbons (Fsp3) is 0.333. The zero-order valence-corrected chi connectivity index (χ0v) is 21.9. The molecule has 0 N–H and O–H groups in total. The molecule has 196 valence electrons. The van der Waals surface area contributed by atoms with E-state index in [0.717, 1.165) is 59.6 Å². The Morgan fingerprint density at radius 1 is 0.947 bits per heavy atom. The molecule has 5 heterocycles. The lowest BCUT2D eigenvalue weighted by atomic mass is 9.74. The maximum atomic E-state index is 13.7. The van der Waals surface area contributed by atoms with Gasteiger partial charge in [-0.2, -0.15) is 0 Å². The molecule has 1 atom stereocenters. The quantitative estimate of drug-likeness (QED) is 0.369. The van der Waals surface area contributed by atoms with Crippen LogP contribution in [0.5, 0.6) is 17.2 Å². The van der Waals surface area contributed by atoms with Crippen molar-refractivity contribution in [3.8, 4) is 17.2 Å². The average Bonchev–Trinajstić information content (AvgIpc) is 3.38. The van der Waals surface area contributed by atoms with E-state index in [0.29, 0.717) is 30.0 Å². The Balaban J connectivity index is 0.00000264. The van der Waals surface area contributed by atoms with E-state index in [1.807, 2.05) is 42.5 Å². The predicted molar refractivity (Wildman–Crippen MR) is 135 cm³/mol. The zero-order chi connectivity index (χ0) is 25.0. The molecule has 3 fully saturated rings. The van der Waals surface area contributed by atoms with Gasteiger partial charge >= 0.3 is 0 Å². The van der Waals surface area contributed by atoms with Gasteiger partial charge in [-0.1, -0.05) is 42.5 Å². The van der Waals surface area contributed by atoms with Crippen LogP contribution in [0, 0.1) is 11.7 Å². The van der Waals surface area contributed by atoms with Gasteiger partial charge in [-0.25, -0.2) is 4.39 Å². The summed E-state index contributed by atoms with van der Waals surface area (Å²) in [7, 11) is 0. The number of hydrogen-bond donors (Lipinski definition) is 0. The van der Waals surface area contributed by atoms with Gasteiger partial charge < -0.3 is 30.8 Å². The van der Waals surface area contributed by atoms with Crippen LogP contribution in [0.2, 0.25) is 0 Å². The Hall–Kier alpha value is -3.42. The third kappa shape index (κ3) is 4.05. The van der Waals surface area contributed by atoms with Crippen molar-refractivity contribution in [2.45, 2.75) is 37.8 Å². The fourth-order valence-corrected chi connectivity index (χ4v) is 6.53. The molecule has 0 saturated carbocycles. The molecule has 0 amide bonds. The Morgan fingerprint density at radius 2 is 1.63 bits per heavy atom. The summed E-state index contributed by atoms with van der Waals surface area (Å²) >= 11 is 0. The topological polar surface area (TPSA) is 57.4 Å². The van der Waals surface area contributed by atoms with E-state index < -0.39 is 5.41 Å². The number of fused-ring (bicyclic) bond motifs is 5. The molecule has 4 aliphatic heterocycles. The number of para-hydroxylation sites is 2. The molecule has 0 aliphatic carbocycles. The smallest absolute Gasteiger partial charge is 0.271 e. The average molecular weight is 534 g/mol. The molecule has 2 bridgehead atoms. The van der Waals surface area contributed by atoms with Crippen molar-refractivity contribution in [1.82, 2.24) is 10.2 Å². The molecular weight excluding hydrogens is 505 g/mol. The molecule has 4 aliphatic rings. The van der Waals surface area contributed by atoms with Gasteiger partial charge in [-0.05, 0) is 31.2 Å². The number of rotatable bonds is 5. The van der Waals surface area contributed by atoms with Crippen LogP contribution >= 0.6 is 0 Å². The highest BCUT2D eigenvalue weighted by Crippen LogP contribution is 2.51. The Labute approximate surface area is 227 Å². The van der Waals surface area contributed by atoms with Crippen molar-refractivity contribution in [3.05, 3.63) is 102 Å². The summed E-state index contributed by atoms with van der Waals surface area (Å²) in [4.78, 5) is 0. The largest absolute Gasteiger partial charge is 1.00 e. The van der Waals surface area contributed by atoms with Crippen LogP contribution in [0.15, 0.2) is 77.2 Å². The van der Waals surface area contributed by atoms with Crippen molar-refractivity contribution in [2.75, 3.05) is 19.6 Å². The number of benzene rings is 3. The monoisotopic (exact) mass is 533 g/mol. The number of piperidine rings is 3. The lowest BCUT2D eigenvalue weighted by Crippen LogP contribution is -3.00. The summed E-state index contributed by atoms with van der Waals surface area (Å²) in [6, 6.07) is 22.5. The first-order valence-electron chi connectivity index (χ1n) is 13.0. The highest BCUT2D eigenvalue weighted by Gasteiger charge is 2.49. The predicted octanol–water partition coefficient (Wildman–Crippen LogP) is 2.86. The van der Waals surface area contributed by atoms with Crippen LogP contribution in [-0.2, 0) is 12.0 Å². The second-order valence-electron chi connectivity index (χ2n) is 10.8. The molecule has 1 aromatic heterocycles. The molecule has 3 aromatic carbocycles. The van der Waals surface area contributed by atoms with E-state index in [9.17, 15) is 4.39 Å². The van der Waals surface area contributed by atoms with E-state index in [-0.39, 0.29) is 24.3 Å². The molecule has 8 rings (SSSR count). The lowest BCUT2D eigenvalue weighted by Gasteiger charge is -2.51. The minimum atomic E-state index is -0.616. The van der Waals surface area contributed by atoms with E-state index in [1.165, 1.54) is 12.1 Å². The van der Waals surface area contributed by atoms with Gasteiger partial charge in [0.1, 0.15) is 35.0 Å². The summed E-state index contributed by atoms with van der Waals surface area (Å²) in [6.07, 6.45) is 2.21. The van der Waals surface area contributed by atoms with Gasteiger partial charge in [0.2, 0.25) is 5.89 Å². The summed E-state index contributed by atoms with van der Waals surface area (Å²) < 4.78 is 33.5. The van der Waals surface area contributed by atoms with Crippen molar-refractivity contribution < 1.29 is 35.2 Å². The van der Waals surface area contributed by atoms with Gasteiger partial charge in [-0.15, -0.1) is 10.2 Å². The highest BCUT2D eigenvalue weighted by molar-refractivity contribution is 5.60. The number of hydrogen-bond acceptors (Lipinski definition) is 5. The summed E-state index contributed by atoms with van der Waals surface area (Å²) in [5.74, 6) is 3.65. The molecule has 4 aromatic rings. The van der Waals surface area contributed by atoms with Crippen LogP contribution < -0.4 is 21.9 Å². The first-order valence-corrected chi connectivity index (χ1v) is 13.0. The van der Waals surface area contributed by atoms with Crippen molar-refractivity contribution in [2.24, 2.45) is 5.92 Å².